The Balaban J connectivity index is 1.05. The Morgan fingerprint density at radius 3 is 1.72 bits per heavy atom. The molecule has 0 N–H and O–H groups in total. The molecule has 4 saturated carbocycles. The summed E-state index contributed by atoms with van der Waals surface area (Å²) < 4.78 is 0. The summed E-state index contributed by atoms with van der Waals surface area (Å²) in [6.45, 7) is 8.68. The van der Waals surface area contributed by atoms with Crippen LogP contribution in [-0.2, 0) is 10.8 Å². The van der Waals surface area contributed by atoms with Crippen molar-refractivity contribution in [3.8, 4) is 22.3 Å². The molecule has 4 bridgehead atoms. The number of benzene rings is 5. The summed E-state index contributed by atoms with van der Waals surface area (Å²) >= 11 is 0. The first-order chi connectivity index (χ1) is 22.4. The van der Waals surface area contributed by atoms with Gasteiger partial charge in [0.25, 0.3) is 0 Å². The van der Waals surface area contributed by atoms with Crippen LogP contribution in [0.2, 0.25) is 0 Å². The summed E-state index contributed by atoms with van der Waals surface area (Å²) in [7, 11) is 0. The lowest BCUT2D eigenvalue weighted by Crippen LogP contribution is -2.48. The molecule has 0 atom stereocenters. The van der Waals surface area contributed by atoms with Gasteiger partial charge in [0.15, 0.2) is 0 Å². The molecule has 5 aliphatic carbocycles. The molecular formula is C45H43N. The van der Waals surface area contributed by atoms with Crippen molar-refractivity contribution in [1.29, 1.82) is 0 Å². The van der Waals surface area contributed by atoms with Crippen LogP contribution in [0, 0.1) is 17.8 Å². The van der Waals surface area contributed by atoms with Crippen LogP contribution in [0.25, 0.3) is 28.3 Å². The van der Waals surface area contributed by atoms with Crippen molar-refractivity contribution in [3.63, 3.8) is 0 Å². The third-order valence-electron chi connectivity index (χ3n) is 12.2. The van der Waals surface area contributed by atoms with Crippen molar-refractivity contribution in [3.05, 3.63) is 144 Å². The first kappa shape index (κ1) is 27.9. The summed E-state index contributed by atoms with van der Waals surface area (Å²) in [6.07, 6.45) is 10.7. The molecular weight excluding hydrogens is 555 g/mol. The molecule has 228 valence electrons. The van der Waals surface area contributed by atoms with E-state index in [9.17, 15) is 0 Å². The fourth-order valence-electron chi connectivity index (χ4n) is 10.3. The van der Waals surface area contributed by atoms with Crippen LogP contribution in [0.4, 0.5) is 17.1 Å². The van der Waals surface area contributed by atoms with Gasteiger partial charge in [0.1, 0.15) is 0 Å². The van der Waals surface area contributed by atoms with Gasteiger partial charge < -0.3 is 4.90 Å². The first-order valence-electron chi connectivity index (χ1n) is 17.4. The summed E-state index contributed by atoms with van der Waals surface area (Å²) in [6, 6.07) is 43.5. The molecule has 1 heteroatoms. The third-order valence-corrected chi connectivity index (χ3v) is 12.2. The van der Waals surface area contributed by atoms with Crippen LogP contribution in [0.3, 0.4) is 0 Å². The third kappa shape index (κ3) is 4.35. The van der Waals surface area contributed by atoms with Gasteiger partial charge >= 0.3 is 0 Å². The molecule has 0 aromatic heterocycles. The maximum Gasteiger partial charge on any atom is 0.0465 e. The van der Waals surface area contributed by atoms with Gasteiger partial charge in [0, 0.05) is 22.5 Å². The van der Waals surface area contributed by atoms with E-state index in [4.69, 9.17) is 0 Å². The predicted octanol–water partition coefficient (Wildman–Crippen LogP) is 12.2. The SMILES string of the molecule is C=Cc1ccc(N(c2ccc(-c3ccc(C45CC6CC(CC(C6)C4)C5)cc3)cc2)c2ccc3c(c2)C(C)(C)c2ccccc2-3)cc1. The number of hydrogen-bond donors (Lipinski definition) is 0. The van der Waals surface area contributed by atoms with E-state index in [1.807, 2.05) is 6.08 Å². The molecule has 0 amide bonds. The maximum atomic E-state index is 3.97. The second-order valence-corrected chi connectivity index (χ2v) is 15.4. The Hall–Kier alpha value is -4.36. The van der Waals surface area contributed by atoms with Crippen LogP contribution in [0.1, 0.15) is 74.6 Å². The number of anilines is 3. The van der Waals surface area contributed by atoms with Crippen molar-refractivity contribution in [2.75, 3.05) is 4.90 Å². The topological polar surface area (TPSA) is 3.24 Å². The highest BCUT2D eigenvalue weighted by Crippen LogP contribution is 2.61. The number of hydrogen-bond acceptors (Lipinski definition) is 1. The molecule has 0 aliphatic heterocycles. The monoisotopic (exact) mass is 597 g/mol. The van der Waals surface area contributed by atoms with Crippen molar-refractivity contribution >= 4 is 23.1 Å². The van der Waals surface area contributed by atoms with Crippen molar-refractivity contribution < 1.29 is 0 Å². The Morgan fingerprint density at radius 2 is 1.11 bits per heavy atom. The summed E-state index contributed by atoms with van der Waals surface area (Å²) in [4.78, 5) is 2.39. The molecule has 0 unspecified atom stereocenters. The van der Waals surface area contributed by atoms with Gasteiger partial charge in [-0.1, -0.05) is 105 Å². The Labute approximate surface area is 274 Å². The quantitative estimate of drug-likeness (QED) is 0.188. The maximum absolute atomic E-state index is 3.97. The molecule has 5 aromatic rings. The van der Waals surface area contributed by atoms with Crippen LogP contribution in [-0.4, -0.2) is 0 Å². The van der Waals surface area contributed by atoms with Gasteiger partial charge in [-0.15, -0.1) is 0 Å². The summed E-state index contributed by atoms with van der Waals surface area (Å²) in [5, 5.41) is 0. The van der Waals surface area contributed by atoms with Crippen LogP contribution < -0.4 is 4.90 Å². The van der Waals surface area contributed by atoms with E-state index in [-0.39, 0.29) is 5.41 Å². The largest absolute Gasteiger partial charge is 0.310 e. The molecule has 10 rings (SSSR count). The Kier molecular flexibility index (Phi) is 6.27. The second kappa shape index (κ2) is 10.3. The van der Waals surface area contributed by atoms with Crippen molar-refractivity contribution in [1.82, 2.24) is 0 Å². The molecule has 0 heterocycles. The molecule has 0 radical (unpaired) electrons. The number of fused-ring (bicyclic) bond motifs is 3. The molecule has 0 saturated heterocycles. The molecule has 1 nitrogen and oxygen atoms in total. The van der Waals surface area contributed by atoms with Gasteiger partial charge in [-0.05, 0) is 143 Å². The van der Waals surface area contributed by atoms with E-state index < -0.39 is 0 Å². The van der Waals surface area contributed by atoms with Crippen LogP contribution >= 0.6 is 0 Å². The molecule has 4 fully saturated rings. The van der Waals surface area contributed by atoms with E-state index >= 15 is 0 Å². The molecule has 46 heavy (non-hydrogen) atoms. The zero-order valence-electron chi connectivity index (χ0n) is 27.2. The van der Waals surface area contributed by atoms with E-state index in [1.54, 1.807) is 5.56 Å². The average molecular weight is 598 g/mol. The van der Waals surface area contributed by atoms with E-state index in [0.717, 1.165) is 34.7 Å². The van der Waals surface area contributed by atoms with Gasteiger partial charge in [0.05, 0.1) is 0 Å². The van der Waals surface area contributed by atoms with Gasteiger partial charge in [-0.3, -0.25) is 0 Å². The zero-order valence-corrected chi connectivity index (χ0v) is 27.2. The normalized spacial score (nSPS) is 24.8. The smallest absolute Gasteiger partial charge is 0.0465 e. The predicted molar refractivity (Wildman–Crippen MR) is 194 cm³/mol. The number of rotatable bonds is 6. The van der Waals surface area contributed by atoms with Crippen molar-refractivity contribution in [2.45, 2.75) is 63.2 Å². The van der Waals surface area contributed by atoms with E-state index in [1.165, 1.54) is 77.6 Å². The van der Waals surface area contributed by atoms with E-state index in [0.29, 0.717) is 5.41 Å². The summed E-state index contributed by atoms with van der Waals surface area (Å²) in [5.74, 6) is 2.92. The van der Waals surface area contributed by atoms with E-state index in [2.05, 4.69) is 141 Å². The lowest BCUT2D eigenvalue weighted by molar-refractivity contribution is -0.00518. The van der Waals surface area contributed by atoms with Crippen molar-refractivity contribution in [2.24, 2.45) is 17.8 Å². The number of nitrogens with zero attached hydrogens (tertiary/aromatic N) is 1. The highest BCUT2D eigenvalue weighted by molar-refractivity contribution is 5.86. The minimum absolute atomic E-state index is 0.0491. The molecule has 0 spiro atoms. The minimum Gasteiger partial charge on any atom is -0.310 e. The van der Waals surface area contributed by atoms with Gasteiger partial charge in [0.2, 0.25) is 0 Å². The first-order valence-corrected chi connectivity index (χ1v) is 17.4. The lowest BCUT2D eigenvalue weighted by atomic mass is 9.48. The Morgan fingerprint density at radius 1 is 0.587 bits per heavy atom. The lowest BCUT2D eigenvalue weighted by Gasteiger charge is -2.57. The van der Waals surface area contributed by atoms with Crippen LogP contribution in [0.5, 0.6) is 0 Å². The fraction of sp³-hybridized carbons (Fsp3) is 0.289. The van der Waals surface area contributed by atoms with Crippen LogP contribution in [0.15, 0.2) is 122 Å². The second-order valence-electron chi connectivity index (χ2n) is 15.4. The average Bonchev–Trinajstić information content (AvgIpc) is 3.31. The van der Waals surface area contributed by atoms with Gasteiger partial charge in [-0.2, -0.15) is 0 Å². The molecule has 5 aromatic carbocycles. The minimum atomic E-state index is -0.0491. The Bertz CT molecular complexity index is 1910. The summed E-state index contributed by atoms with van der Waals surface area (Å²) in [5.41, 5.74) is 14.7. The standard InChI is InChI=1S/C45H43N/c1-4-30-9-17-37(18-10-30)46(39-21-22-41-40-7-5-6-8-42(40)44(2,3)43(41)26-39)38-19-13-35(14-20-38)34-11-15-36(16-12-34)45-27-31-23-32(28-45)25-33(24-31)29-45/h4-22,26,31-33H,1,23-25,27-29H2,2-3H3. The fourth-order valence-corrected chi connectivity index (χ4v) is 10.3. The van der Waals surface area contributed by atoms with Gasteiger partial charge in [-0.25, -0.2) is 0 Å². The zero-order chi connectivity index (χ0) is 31.0. The highest BCUT2D eigenvalue weighted by Gasteiger charge is 2.51. The highest BCUT2D eigenvalue weighted by atomic mass is 15.1. The molecule has 5 aliphatic rings.